The number of likely N-dealkylation sites (N-methyl/N-ethyl adjacent to an activating group) is 1. The Balaban J connectivity index is 1.63. The quantitative estimate of drug-likeness (QED) is 0.312. The topological polar surface area (TPSA) is 70.1 Å². The molecule has 1 saturated heterocycles. The molecule has 1 fully saturated rings. The van der Waals surface area contributed by atoms with Gasteiger partial charge in [0.05, 0.1) is 11.6 Å². The van der Waals surface area contributed by atoms with Crippen LogP contribution < -0.4 is 4.74 Å². The molecule has 1 unspecified atom stereocenters. The molecule has 3 aromatic rings. The molecule has 6 nitrogen and oxygen atoms in total. The van der Waals surface area contributed by atoms with Crippen LogP contribution >= 0.6 is 0 Å². The van der Waals surface area contributed by atoms with E-state index in [9.17, 15) is 14.7 Å². The lowest BCUT2D eigenvalue weighted by Gasteiger charge is -2.26. The molecule has 0 aromatic heterocycles. The number of carbonyl (C=O) groups is 2. The lowest BCUT2D eigenvalue weighted by Crippen LogP contribution is -2.35. The Labute approximate surface area is 199 Å². The van der Waals surface area contributed by atoms with Crippen LogP contribution in [0.15, 0.2) is 90.5 Å². The van der Waals surface area contributed by atoms with Crippen molar-refractivity contribution in [2.75, 3.05) is 27.2 Å². The second-order valence-corrected chi connectivity index (χ2v) is 8.51. The van der Waals surface area contributed by atoms with Gasteiger partial charge in [0.25, 0.3) is 11.7 Å². The van der Waals surface area contributed by atoms with Crippen molar-refractivity contribution in [3.8, 4) is 5.75 Å². The molecule has 0 bridgehead atoms. The van der Waals surface area contributed by atoms with Gasteiger partial charge in [-0.05, 0) is 49.5 Å². The molecule has 1 amide bonds. The van der Waals surface area contributed by atoms with E-state index in [0.29, 0.717) is 31.0 Å². The molecular weight excluding hydrogens is 428 g/mol. The van der Waals surface area contributed by atoms with Gasteiger partial charge in [0, 0.05) is 18.7 Å². The third-order valence-electron chi connectivity index (χ3n) is 5.82. The zero-order valence-electron chi connectivity index (χ0n) is 19.3. The Kier molecular flexibility index (Phi) is 7.09. The van der Waals surface area contributed by atoms with Crippen molar-refractivity contribution in [3.63, 3.8) is 0 Å². The van der Waals surface area contributed by atoms with Gasteiger partial charge < -0.3 is 19.6 Å². The summed E-state index contributed by atoms with van der Waals surface area (Å²) in [7, 11) is 3.82. The summed E-state index contributed by atoms with van der Waals surface area (Å²) in [6.07, 6.45) is 0. The van der Waals surface area contributed by atoms with Crippen molar-refractivity contribution in [2.24, 2.45) is 0 Å². The number of likely N-dealkylation sites (tertiary alicyclic amines) is 1. The SMILES string of the molecule is CN(C)CCN1C(=O)C(=O)/C(=C(/O)c2ccc(OCc3ccccc3)cc2)C1c1ccccc1. The Morgan fingerprint density at radius 3 is 2.15 bits per heavy atom. The fourth-order valence-electron chi connectivity index (χ4n) is 4.01. The molecule has 3 aromatic carbocycles. The molecule has 0 spiro atoms. The molecule has 1 N–H and O–H groups in total. The van der Waals surface area contributed by atoms with Crippen LogP contribution in [0, 0.1) is 0 Å². The van der Waals surface area contributed by atoms with E-state index >= 15 is 0 Å². The zero-order chi connectivity index (χ0) is 24.1. The van der Waals surface area contributed by atoms with E-state index < -0.39 is 17.7 Å². The largest absolute Gasteiger partial charge is 0.507 e. The predicted molar refractivity (Wildman–Crippen MR) is 131 cm³/mol. The summed E-state index contributed by atoms with van der Waals surface area (Å²) in [6, 6.07) is 25.4. The van der Waals surface area contributed by atoms with E-state index in [-0.39, 0.29) is 11.3 Å². The van der Waals surface area contributed by atoms with E-state index in [1.807, 2.05) is 79.7 Å². The van der Waals surface area contributed by atoms with Crippen LogP contribution in [-0.2, 0) is 16.2 Å². The number of aliphatic hydroxyl groups excluding tert-OH is 1. The summed E-state index contributed by atoms with van der Waals surface area (Å²) in [5, 5.41) is 11.2. The molecule has 34 heavy (non-hydrogen) atoms. The van der Waals surface area contributed by atoms with Crippen LogP contribution in [0.25, 0.3) is 5.76 Å². The third kappa shape index (κ3) is 5.02. The van der Waals surface area contributed by atoms with Crippen molar-refractivity contribution >= 4 is 17.4 Å². The Morgan fingerprint density at radius 2 is 1.53 bits per heavy atom. The summed E-state index contributed by atoms with van der Waals surface area (Å²) >= 11 is 0. The number of hydrogen-bond acceptors (Lipinski definition) is 5. The molecule has 1 aliphatic rings. The molecule has 1 heterocycles. The lowest BCUT2D eigenvalue weighted by molar-refractivity contribution is -0.140. The maximum atomic E-state index is 13.0. The maximum Gasteiger partial charge on any atom is 0.295 e. The van der Waals surface area contributed by atoms with E-state index in [1.165, 1.54) is 0 Å². The Bertz CT molecular complexity index is 1170. The number of rotatable bonds is 8. The van der Waals surface area contributed by atoms with Gasteiger partial charge in [-0.15, -0.1) is 0 Å². The highest BCUT2D eigenvalue weighted by Crippen LogP contribution is 2.39. The summed E-state index contributed by atoms with van der Waals surface area (Å²) in [5.41, 5.74) is 2.39. The van der Waals surface area contributed by atoms with Gasteiger partial charge in [0.1, 0.15) is 18.1 Å². The van der Waals surface area contributed by atoms with E-state index in [1.54, 1.807) is 29.2 Å². The molecule has 1 atom stereocenters. The average molecular weight is 457 g/mol. The first kappa shape index (κ1) is 23.3. The van der Waals surface area contributed by atoms with Crippen molar-refractivity contribution in [1.29, 1.82) is 0 Å². The summed E-state index contributed by atoms with van der Waals surface area (Å²) in [6.45, 7) is 1.40. The third-order valence-corrected chi connectivity index (χ3v) is 5.82. The van der Waals surface area contributed by atoms with Gasteiger partial charge in [-0.2, -0.15) is 0 Å². The summed E-state index contributed by atoms with van der Waals surface area (Å²) in [5.74, 6) is -0.810. The highest BCUT2D eigenvalue weighted by atomic mass is 16.5. The molecule has 6 heteroatoms. The maximum absolute atomic E-state index is 13.0. The molecule has 0 saturated carbocycles. The minimum atomic E-state index is -0.672. The number of ketones is 1. The van der Waals surface area contributed by atoms with Crippen LogP contribution in [-0.4, -0.2) is 53.8 Å². The first-order chi connectivity index (χ1) is 16.5. The first-order valence-corrected chi connectivity index (χ1v) is 11.2. The molecule has 4 rings (SSSR count). The van der Waals surface area contributed by atoms with Crippen molar-refractivity contribution in [3.05, 3.63) is 107 Å². The fourth-order valence-corrected chi connectivity index (χ4v) is 4.01. The number of ether oxygens (including phenoxy) is 1. The van der Waals surface area contributed by atoms with E-state index in [4.69, 9.17) is 4.74 Å². The normalized spacial score (nSPS) is 17.4. The molecule has 1 aliphatic heterocycles. The number of benzene rings is 3. The fraction of sp³-hybridized carbons (Fsp3) is 0.214. The smallest absolute Gasteiger partial charge is 0.295 e. The minimum absolute atomic E-state index is 0.105. The molecule has 0 radical (unpaired) electrons. The summed E-state index contributed by atoms with van der Waals surface area (Å²) < 4.78 is 5.82. The van der Waals surface area contributed by atoms with Crippen LogP contribution in [0.4, 0.5) is 0 Å². The molecule has 0 aliphatic carbocycles. The number of Topliss-reactive ketones (excluding diaryl/α,β-unsaturated/α-hetero) is 1. The first-order valence-electron chi connectivity index (χ1n) is 11.2. The second kappa shape index (κ2) is 10.4. The van der Waals surface area contributed by atoms with Crippen LogP contribution in [0.3, 0.4) is 0 Å². The lowest BCUT2D eigenvalue weighted by atomic mass is 9.95. The number of aliphatic hydroxyl groups is 1. The van der Waals surface area contributed by atoms with Crippen LogP contribution in [0.1, 0.15) is 22.7 Å². The molecule has 174 valence electrons. The van der Waals surface area contributed by atoms with E-state index in [0.717, 1.165) is 11.1 Å². The number of hydrogen-bond donors (Lipinski definition) is 1. The highest BCUT2D eigenvalue weighted by molar-refractivity contribution is 6.46. The van der Waals surface area contributed by atoms with Gasteiger partial charge in [-0.1, -0.05) is 60.7 Å². The molecular formula is C28H28N2O4. The van der Waals surface area contributed by atoms with Gasteiger partial charge in [-0.3, -0.25) is 9.59 Å². The number of amides is 1. The van der Waals surface area contributed by atoms with Gasteiger partial charge in [-0.25, -0.2) is 0 Å². The zero-order valence-corrected chi connectivity index (χ0v) is 19.3. The predicted octanol–water partition coefficient (Wildman–Crippen LogP) is 4.25. The van der Waals surface area contributed by atoms with Crippen LogP contribution in [0.5, 0.6) is 5.75 Å². The average Bonchev–Trinajstić information content (AvgIpc) is 3.12. The Morgan fingerprint density at radius 1 is 0.912 bits per heavy atom. The van der Waals surface area contributed by atoms with Gasteiger partial charge in [0.15, 0.2) is 0 Å². The summed E-state index contributed by atoms with van der Waals surface area (Å²) in [4.78, 5) is 29.4. The van der Waals surface area contributed by atoms with Crippen molar-refractivity contribution in [2.45, 2.75) is 12.6 Å². The highest BCUT2D eigenvalue weighted by Gasteiger charge is 2.45. The van der Waals surface area contributed by atoms with Crippen LogP contribution in [0.2, 0.25) is 0 Å². The standard InChI is InChI=1S/C28H28N2O4/c1-29(2)17-18-30-25(21-11-7-4-8-12-21)24(27(32)28(30)33)26(31)22-13-15-23(16-14-22)34-19-20-9-5-3-6-10-20/h3-16,25,31H,17-19H2,1-2H3/b26-24+. The number of nitrogens with zero attached hydrogens (tertiary/aromatic N) is 2. The minimum Gasteiger partial charge on any atom is -0.507 e. The Hall–Kier alpha value is -3.90. The monoisotopic (exact) mass is 456 g/mol. The number of carbonyl (C=O) groups excluding carboxylic acids is 2. The van der Waals surface area contributed by atoms with Gasteiger partial charge >= 0.3 is 0 Å². The second-order valence-electron chi connectivity index (χ2n) is 8.51. The van der Waals surface area contributed by atoms with E-state index in [2.05, 4.69) is 0 Å². The van der Waals surface area contributed by atoms with Gasteiger partial charge in [0.2, 0.25) is 0 Å². The van der Waals surface area contributed by atoms with Crippen molar-refractivity contribution < 1.29 is 19.4 Å². The van der Waals surface area contributed by atoms with Crippen molar-refractivity contribution in [1.82, 2.24) is 9.80 Å².